The van der Waals surface area contributed by atoms with Crippen molar-refractivity contribution in [2.45, 2.75) is 5.88 Å². The van der Waals surface area contributed by atoms with Gasteiger partial charge in [-0.1, -0.05) is 41.9 Å². The maximum absolute atomic E-state index is 6.42. The second-order valence-electron chi connectivity index (χ2n) is 7.03. The van der Waals surface area contributed by atoms with Crippen molar-refractivity contribution in [3.8, 4) is 28.3 Å². The van der Waals surface area contributed by atoms with Gasteiger partial charge in [0.25, 0.3) is 0 Å². The van der Waals surface area contributed by atoms with Crippen LogP contribution >= 0.6 is 23.2 Å². The van der Waals surface area contributed by atoms with E-state index in [1.807, 2.05) is 77.4 Å². The normalized spacial score (nSPS) is 11.2. The Bertz CT molecular complexity index is 1390. The van der Waals surface area contributed by atoms with Gasteiger partial charge < -0.3 is 5.73 Å². The molecule has 5 aromatic rings. The maximum atomic E-state index is 6.42. The molecular formula is C24H17Cl2N5. The van der Waals surface area contributed by atoms with Crippen LogP contribution in [0.1, 0.15) is 5.56 Å². The highest BCUT2D eigenvalue weighted by molar-refractivity contribution is 6.33. The lowest BCUT2D eigenvalue weighted by molar-refractivity contribution is 1.07. The Labute approximate surface area is 189 Å². The number of fused-ring (bicyclic) bond motifs is 1. The highest BCUT2D eigenvalue weighted by Gasteiger charge is 2.19. The van der Waals surface area contributed by atoms with Crippen LogP contribution in [0.25, 0.3) is 39.5 Å². The number of nitrogen functional groups attached to an aromatic ring is 1. The number of benzene rings is 2. The fraction of sp³-hybridized carbons (Fsp3) is 0.0417. The number of anilines is 1. The Morgan fingerprint density at radius 3 is 2.35 bits per heavy atom. The van der Waals surface area contributed by atoms with Gasteiger partial charge in [0.1, 0.15) is 11.3 Å². The summed E-state index contributed by atoms with van der Waals surface area (Å²) in [6.07, 6.45) is 1.66. The van der Waals surface area contributed by atoms with Crippen molar-refractivity contribution in [3.05, 3.63) is 89.6 Å². The van der Waals surface area contributed by atoms with E-state index in [0.29, 0.717) is 28.2 Å². The minimum absolute atomic E-state index is 0.405. The zero-order chi connectivity index (χ0) is 21.4. The lowest BCUT2D eigenvalue weighted by Crippen LogP contribution is -2.02. The van der Waals surface area contributed by atoms with E-state index in [4.69, 9.17) is 38.9 Å². The fourth-order valence-electron chi connectivity index (χ4n) is 3.54. The van der Waals surface area contributed by atoms with Gasteiger partial charge in [0.15, 0.2) is 11.5 Å². The van der Waals surface area contributed by atoms with Crippen LogP contribution in [0.4, 0.5) is 5.82 Å². The highest BCUT2D eigenvalue weighted by Crippen LogP contribution is 2.33. The smallest absolute Gasteiger partial charge is 0.165 e. The molecule has 0 aliphatic heterocycles. The predicted octanol–water partition coefficient (Wildman–Crippen LogP) is 6.12. The Kier molecular flexibility index (Phi) is 5.06. The van der Waals surface area contributed by atoms with Crippen LogP contribution < -0.4 is 5.73 Å². The summed E-state index contributed by atoms with van der Waals surface area (Å²) >= 11 is 12.4. The Morgan fingerprint density at radius 1 is 0.839 bits per heavy atom. The standard InChI is InChI=1S/C24H17Cl2N5/c25-14-15-7-9-16(10-8-15)31-23(18-5-3-13-28-22(18)27)30-21-12-11-20(29-24(21)31)17-4-1-2-6-19(17)26/h1-13H,14H2,(H2,27,28). The second-order valence-corrected chi connectivity index (χ2v) is 7.70. The van der Waals surface area contributed by atoms with Crippen LogP contribution in [0.15, 0.2) is 79.0 Å². The maximum Gasteiger partial charge on any atom is 0.165 e. The van der Waals surface area contributed by atoms with Crippen LogP contribution in [-0.2, 0) is 5.88 Å². The molecular weight excluding hydrogens is 429 g/mol. The number of hydrogen-bond acceptors (Lipinski definition) is 4. The fourth-order valence-corrected chi connectivity index (χ4v) is 3.95. The first-order valence-electron chi connectivity index (χ1n) is 9.66. The van der Waals surface area contributed by atoms with E-state index in [1.165, 1.54) is 0 Å². The van der Waals surface area contributed by atoms with E-state index >= 15 is 0 Å². The Morgan fingerprint density at radius 2 is 1.61 bits per heavy atom. The van der Waals surface area contributed by atoms with Gasteiger partial charge in [-0.3, -0.25) is 4.57 Å². The molecule has 3 heterocycles. The van der Waals surface area contributed by atoms with Crippen molar-refractivity contribution in [3.63, 3.8) is 0 Å². The van der Waals surface area contributed by atoms with Gasteiger partial charge in [0, 0.05) is 28.4 Å². The van der Waals surface area contributed by atoms with E-state index < -0.39 is 0 Å². The molecule has 0 atom stereocenters. The predicted molar refractivity (Wildman–Crippen MR) is 127 cm³/mol. The third-order valence-electron chi connectivity index (χ3n) is 5.08. The van der Waals surface area contributed by atoms with Crippen molar-refractivity contribution < 1.29 is 0 Å². The van der Waals surface area contributed by atoms with Crippen molar-refractivity contribution >= 4 is 40.2 Å². The minimum Gasteiger partial charge on any atom is -0.383 e. The van der Waals surface area contributed by atoms with Gasteiger partial charge in [-0.2, -0.15) is 0 Å². The number of alkyl halides is 1. The van der Waals surface area contributed by atoms with E-state index in [-0.39, 0.29) is 0 Å². The zero-order valence-corrected chi connectivity index (χ0v) is 17.8. The van der Waals surface area contributed by atoms with Crippen molar-refractivity contribution in [1.82, 2.24) is 19.5 Å². The van der Waals surface area contributed by atoms with Gasteiger partial charge in [-0.25, -0.2) is 15.0 Å². The van der Waals surface area contributed by atoms with Crippen molar-refractivity contribution in [1.29, 1.82) is 0 Å². The first-order chi connectivity index (χ1) is 15.2. The summed E-state index contributed by atoms with van der Waals surface area (Å²) in [5.74, 6) is 1.52. The summed E-state index contributed by atoms with van der Waals surface area (Å²) in [4.78, 5) is 14.0. The molecule has 0 saturated carbocycles. The summed E-state index contributed by atoms with van der Waals surface area (Å²) in [6, 6.07) is 23.2. The van der Waals surface area contributed by atoms with Crippen LogP contribution in [0.2, 0.25) is 5.02 Å². The van der Waals surface area contributed by atoms with E-state index in [0.717, 1.165) is 33.6 Å². The zero-order valence-electron chi connectivity index (χ0n) is 16.3. The minimum atomic E-state index is 0.405. The molecule has 0 spiro atoms. The second kappa shape index (κ2) is 8.02. The molecule has 0 aliphatic carbocycles. The Balaban J connectivity index is 1.80. The van der Waals surface area contributed by atoms with Gasteiger partial charge in [0.05, 0.1) is 11.3 Å². The molecule has 0 fully saturated rings. The molecule has 2 aromatic carbocycles. The summed E-state index contributed by atoms with van der Waals surface area (Å²) in [6.45, 7) is 0. The number of nitrogens with two attached hydrogens (primary N) is 1. The summed E-state index contributed by atoms with van der Waals surface area (Å²) in [5, 5.41) is 0.642. The average molecular weight is 446 g/mol. The third kappa shape index (κ3) is 3.52. The van der Waals surface area contributed by atoms with E-state index in [9.17, 15) is 0 Å². The lowest BCUT2D eigenvalue weighted by Gasteiger charge is -2.11. The number of aromatic nitrogens is 4. The van der Waals surface area contributed by atoms with Crippen LogP contribution in [0.5, 0.6) is 0 Å². The van der Waals surface area contributed by atoms with Crippen LogP contribution in [0, 0.1) is 0 Å². The largest absolute Gasteiger partial charge is 0.383 e. The van der Waals surface area contributed by atoms with Gasteiger partial charge >= 0.3 is 0 Å². The highest BCUT2D eigenvalue weighted by atomic mass is 35.5. The molecule has 0 radical (unpaired) electrons. The molecule has 152 valence electrons. The molecule has 7 heteroatoms. The first kappa shape index (κ1) is 19.5. The summed E-state index contributed by atoms with van der Waals surface area (Å²) in [5.41, 5.74) is 11.9. The lowest BCUT2D eigenvalue weighted by atomic mass is 10.1. The molecule has 5 nitrogen and oxygen atoms in total. The number of pyridine rings is 2. The number of imidazole rings is 1. The number of rotatable bonds is 4. The molecule has 0 aliphatic rings. The van der Waals surface area contributed by atoms with Crippen molar-refractivity contribution in [2.24, 2.45) is 0 Å². The van der Waals surface area contributed by atoms with Gasteiger partial charge in [0.2, 0.25) is 0 Å². The average Bonchev–Trinajstić information content (AvgIpc) is 3.18. The molecule has 3 aromatic heterocycles. The summed E-state index contributed by atoms with van der Waals surface area (Å²) < 4.78 is 1.99. The van der Waals surface area contributed by atoms with E-state index in [2.05, 4.69) is 4.98 Å². The quantitative estimate of drug-likeness (QED) is 0.338. The van der Waals surface area contributed by atoms with Crippen LogP contribution in [-0.4, -0.2) is 19.5 Å². The number of hydrogen-bond donors (Lipinski definition) is 1. The third-order valence-corrected chi connectivity index (χ3v) is 5.72. The molecule has 0 amide bonds. The molecule has 5 rings (SSSR count). The molecule has 0 saturated heterocycles. The Hall–Kier alpha value is -3.41. The molecule has 31 heavy (non-hydrogen) atoms. The van der Waals surface area contributed by atoms with Crippen molar-refractivity contribution in [2.75, 3.05) is 5.73 Å². The van der Waals surface area contributed by atoms with Crippen LogP contribution in [0.3, 0.4) is 0 Å². The SMILES string of the molecule is Nc1ncccc1-c1nc2ccc(-c3ccccc3Cl)nc2n1-c1ccc(CCl)cc1. The van der Waals surface area contributed by atoms with Gasteiger partial charge in [-0.05, 0) is 48.0 Å². The van der Waals surface area contributed by atoms with E-state index in [1.54, 1.807) is 6.20 Å². The molecule has 2 N–H and O–H groups in total. The molecule has 0 bridgehead atoms. The summed E-state index contributed by atoms with van der Waals surface area (Å²) in [7, 11) is 0. The monoisotopic (exact) mass is 445 g/mol. The number of halogens is 2. The topological polar surface area (TPSA) is 69.6 Å². The van der Waals surface area contributed by atoms with Gasteiger partial charge in [-0.15, -0.1) is 11.6 Å². The first-order valence-corrected chi connectivity index (χ1v) is 10.6. The number of nitrogens with zero attached hydrogens (tertiary/aromatic N) is 4. The molecule has 0 unspecified atom stereocenters.